The Labute approximate surface area is 129 Å². The highest BCUT2D eigenvalue weighted by Gasteiger charge is 2.47. The van der Waals surface area contributed by atoms with Gasteiger partial charge in [0.25, 0.3) is 0 Å². The largest absolute Gasteiger partial charge is 0.497 e. The smallest absolute Gasteiger partial charge is 0.331 e. The van der Waals surface area contributed by atoms with Crippen molar-refractivity contribution in [2.45, 2.75) is 5.85 Å². The van der Waals surface area contributed by atoms with Gasteiger partial charge >= 0.3 is 12.1 Å². The van der Waals surface area contributed by atoms with Crippen molar-refractivity contribution in [1.29, 1.82) is 0 Å². The third-order valence-electron chi connectivity index (χ3n) is 3.75. The molecule has 0 bridgehead atoms. The van der Waals surface area contributed by atoms with Crippen molar-refractivity contribution in [2.24, 2.45) is 0 Å². The van der Waals surface area contributed by atoms with Crippen LogP contribution in [-0.2, 0) is 0 Å². The number of benzene rings is 1. The minimum atomic E-state index is -1.82. The van der Waals surface area contributed by atoms with Gasteiger partial charge in [0, 0.05) is 21.1 Å². The van der Waals surface area contributed by atoms with Crippen molar-refractivity contribution in [3.63, 3.8) is 0 Å². The minimum Gasteiger partial charge on any atom is -0.497 e. The number of rotatable bonds is 3. The van der Waals surface area contributed by atoms with E-state index in [0.29, 0.717) is 0 Å². The highest BCUT2D eigenvalue weighted by Crippen LogP contribution is 2.25. The lowest BCUT2D eigenvalue weighted by Gasteiger charge is -2.47. The van der Waals surface area contributed by atoms with E-state index in [-0.39, 0.29) is 0 Å². The van der Waals surface area contributed by atoms with Crippen LogP contribution in [0.5, 0.6) is 5.75 Å². The molecule has 7 nitrogen and oxygen atoms in total. The first kappa shape index (κ1) is 15.8. The lowest BCUT2D eigenvalue weighted by Crippen LogP contribution is -2.70. The van der Waals surface area contributed by atoms with E-state index in [2.05, 4.69) is 0 Å². The third kappa shape index (κ3) is 2.50. The number of carbonyl (C=O) groups is 2. The highest BCUT2D eigenvalue weighted by molar-refractivity contribution is 5.96. The van der Waals surface area contributed by atoms with Gasteiger partial charge in [-0.25, -0.2) is 14.5 Å². The van der Waals surface area contributed by atoms with E-state index in [1.807, 2.05) is 0 Å². The zero-order valence-corrected chi connectivity index (χ0v) is 13.0. The molecule has 0 radical (unpaired) electrons. The fourth-order valence-corrected chi connectivity index (χ4v) is 2.19. The number of imide groups is 1. The molecule has 118 valence electrons. The van der Waals surface area contributed by atoms with E-state index < -0.39 is 17.9 Å². The Hall–Kier alpha value is -2.54. The molecule has 0 spiro atoms. The summed E-state index contributed by atoms with van der Waals surface area (Å²) in [4.78, 5) is 27.1. The molecule has 1 N–H and O–H groups in total. The first-order chi connectivity index (χ1) is 10.3. The predicted octanol–water partition coefficient (Wildman–Crippen LogP) is 1.40. The van der Waals surface area contributed by atoms with Crippen LogP contribution in [0.1, 0.15) is 5.56 Å². The summed E-state index contributed by atoms with van der Waals surface area (Å²) < 4.78 is 5.07. The molecule has 1 saturated heterocycles. The van der Waals surface area contributed by atoms with E-state index in [1.165, 1.54) is 27.2 Å². The maximum atomic E-state index is 12.0. The lowest BCUT2D eigenvalue weighted by molar-refractivity contribution is -0.136. The van der Waals surface area contributed by atoms with Crippen LogP contribution in [0.2, 0.25) is 0 Å². The average Bonchev–Trinajstić information content (AvgIpc) is 2.55. The standard InChI is InChI=1S/C15H19N3O4/c1-16-13(19)17(2)15(21,18(3)14(16)20)10-9-11-5-7-12(22-4)8-6-11/h5-10,21H,1-4H3. The van der Waals surface area contributed by atoms with Crippen LogP contribution in [0, 0.1) is 0 Å². The van der Waals surface area contributed by atoms with Crippen LogP contribution >= 0.6 is 0 Å². The Morgan fingerprint density at radius 3 is 2.00 bits per heavy atom. The Morgan fingerprint density at radius 1 is 1.05 bits per heavy atom. The van der Waals surface area contributed by atoms with Gasteiger partial charge in [0.1, 0.15) is 5.75 Å². The SMILES string of the molecule is COc1ccc(C=CC2(O)N(C)C(=O)N(C)C(=O)N2C)cc1. The molecule has 0 aliphatic carbocycles. The second-order valence-electron chi connectivity index (χ2n) is 5.04. The Bertz CT molecular complexity index is 590. The van der Waals surface area contributed by atoms with Crippen LogP contribution in [0.25, 0.3) is 6.08 Å². The van der Waals surface area contributed by atoms with Gasteiger partial charge in [-0.1, -0.05) is 18.2 Å². The van der Waals surface area contributed by atoms with Crippen LogP contribution in [-0.4, -0.2) is 66.0 Å². The van der Waals surface area contributed by atoms with Crippen molar-refractivity contribution < 1.29 is 19.4 Å². The molecule has 1 aliphatic rings. The molecule has 0 unspecified atom stereocenters. The van der Waals surface area contributed by atoms with Crippen LogP contribution in [0.4, 0.5) is 9.59 Å². The van der Waals surface area contributed by atoms with E-state index in [9.17, 15) is 14.7 Å². The molecular weight excluding hydrogens is 286 g/mol. The fraction of sp³-hybridized carbons (Fsp3) is 0.333. The number of nitrogens with zero attached hydrogens (tertiary/aromatic N) is 3. The monoisotopic (exact) mass is 305 g/mol. The number of amides is 4. The summed E-state index contributed by atoms with van der Waals surface area (Å²) in [6.45, 7) is 0. The molecule has 1 aliphatic heterocycles. The quantitative estimate of drug-likeness (QED) is 0.916. The van der Waals surface area contributed by atoms with Crippen molar-refractivity contribution in [2.75, 3.05) is 28.3 Å². The number of methoxy groups -OCH3 is 1. The number of urea groups is 2. The van der Waals surface area contributed by atoms with Gasteiger partial charge in [-0.3, -0.25) is 9.80 Å². The first-order valence-corrected chi connectivity index (χ1v) is 6.66. The average molecular weight is 305 g/mol. The number of likely N-dealkylation sites (N-methyl/N-ethyl adjacent to an activating group) is 2. The van der Waals surface area contributed by atoms with Gasteiger partial charge in [-0.2, -0.15) is 0 Å². The van der Waals surface area contributed by atoms with Crippen molar-refractivity contribution in [3.8, 4) is 5.75 Å². The van der Waals surface area contributed by atoms with Gasteiger partial charge < -0.3 is 9.84 Å². The van der Waals surface area contributed by atoms with Gasteiger partial charge in [-0.15, -0.1) is 0 Å². The number of aliphatic hydroxyl groups is 1. The van der Waals surface area contributed by atoms with Crippen molar-refractivity contribution in [1.82, 2.24) is 14.7 Å². The van der Waals surface area contributed by atoms with Crippen molar-refractivity contribution in [3.05, 3.63) is 35.9 Å². The zero-order valence-electron chi connectivity index (χ0n) is 13.0. The molecule has 0 saturated carbocycles. The summed E-state index contributed by atoms with van der Waals surface area (Å²) in [6, 6.07) is 6.01. The summed E-state index contributed by atoms with van der Waals surface area (Å²) in [5.74, 6) is -1.10. The normalized spacial score (nSPS) is 18.3. The summed E-state index contributed by atoms with van der Waals surface area (Å²) in [7, 11) is 5.80. The van der Waals surface area contributed by atoms with Gasteiger partial charge in [0.05, 0.1) is 7.11 Å². The summed E-state index contributed by atoms with van der Waals surface area (Å²) in [5, 5.41) is 10.7. The molecule has 2 rings (SSSR count). The van der Waals surface area contributed by atoms with Gasteiger partial charge in [0.2, 0.25) is 5.85 Å². The summed E-state index contributed by atoms with van der Waals surface area (Å²) in [5.41, 5.74) is 0.801. The summed E-state index contributed by atoms with van der Waals surface area (Å²) in [6.07, 6.45) is 3.04. The molecule has 0 aromatic heterocycles. The second-order valence-corrected chi connectivity index (χ2v) is 5.04. The van der Waals surface area contributed by atoms with Crippen LogP contribution in [0.3, 0.4) is 0 Å². The number of ether oxygens (including phenoxy) is 1. The molecule has 22 heavy (non-hydrogen) atoms. The first-order valence-electron chi connectivity index (χ1n) is 6.66. The van der Waals surface area contributed by atoms with Gasteiger partial charge in [-0.05, 0) is 23.8 Å². The predicted molar refractivity (Wildman–Crippen MR) is 81.1 cm³/mol. The van der Waals surface area contributed by atoms with E-state index in [0.717, 1.165) is 26.0 Å². The summed E-state index contributed by atoms with van der Waals surface area (Å²) >= 11 is 0. The van der Waals surface area contributed by atoms with Crippen molar-refractivity contribution >= 4 is 18.1 Å². The highest BCUT2D eigenvalue weighted by atomic mass is 16.5. The van der Waals surface area contributed by atoms with Crippen LogP contribution < -0.4 is 4.74 Å². The number of hydrogen-bond acceptors (Lipinski definition) is 4. The third-order valence-corrected chi connectivity index (χ3v) is 3.75. The molecule has 1 aromatic carbocycles. The molecule has 1 fully saturated rings. The maximum absolute atomic E-state index is 12.0. The second kappa shape index (κ2) is 5.69. The maximum Gasteiger partial charge on any atom is 0.331 e. The number of carbonyl (C=O) groups excluding carboxylic acids is 2. The van der Waals surface area contributed by atoms with Crippen LogP contribution in [0.15, 0.2) is 30.3 Å². The molecular formula is C15H19N3O4. The van der Waals surface area contributed by atoms with E-state index >= 15 is 0 Å². The minimum absolute atomic E-state index is 0.579. The lowest BCUT2D eigenvalue weighted by atomic mass is 10.1. The molecule has 7 heteroatoms. The Kier molecular flexibility index (Phi) is 4.09. The topological polar surface area (TPSA) is 73.3 Å². The zero-order chi connectivity index (χ0) is 16.5. The van der Waals surface area contributed by atoms with E-state index in [4.69, 9.17) is 4.74 Å². The van der Waals surface area contributed by atoms with E-state index in [1.54, 1.807) is 37.5 Å². The number of hydrogen-bond donors (Lipinski definition) is 1. The van der Waals surface area contributed by atoms with Gasteiger partial charge in [0.15, 0.2) is 0 Å². The molecule has 4 amide bonds. The molecule has 1 heterocycles. The molecule has 1 aromatic rings. The Balaban J connectivity index is 2.29. The Morgan fingerprint density at radius 2 is 1.55 bits per heavy atom. The molecule has 0 atom stereocenters. The fourth-order valence-electron chi connectivity index (χ4n) is 2.19.